The first-order valence-corrected chi connectivity index (χ1v) is 8.13. The lowest BCUT2D eigenvalue weighted by atomic mass is 10.2. The van der Waals surface area contributed by atoms with Gasteiger partial charge in [0, 0.05) is 17.1 Å². The number of anilines is 1. The van der Waals surface area contributed by atoms with E-state index >= 15 is 0 Å². The Kier molecular flexibility index (Phi) is 5.31. The molecule has 2 aromatic rings. The summed E-state index contributed by atoms with van der Waals surface area (Å²) in [6.07, 6.45) is 1.87. The van der Waals surface area contributed by atoms with Crippen molar-refractivity contribution in [2.75, 3.05) is 12.4 Å². The monoisotopic (exact) mass is 449 g/mol. The van der Waals surface area contributed by atoms with E-state index in [2.05, 4.69) is 60.7 Å². The number of aryl methyl sites for hydroxylation is 1. The van der Waals surface area contributed by atoms with Crippen LogP contribution in [-0.2, 0) is 6.42 Å². The Hall–Kier alpha value is -0.760. The Bertz CT molecular complexity index is 634. The Morgan fingerprint density at radius 3 is 2.75 bits per heavy atom. The Labute approximate surface area is 139 Å². The Balaban J connectivity index is 2.61. The molecule has 2 rings (SSSR count). The number of nitrogens with one attached hydrogen (secondary N) is 1. The highest BCUT2D eigenvalue weighted by Crippen LogP contribution is 2.30. The van der Waals surface area contributed by atoms with Gasteiger partial charge in [0.1, 0.15) is 11.6 Å². The fourth-order valence-electron chi connectivity index (χ4n) is 1.85. The molecule has 0 amide bonds. The zero-order chi connectivity index (χ0) is 14.7. The van der Waals surface area contributed by atoms with Crippen molar-refractivity contribution in [3.63, 3.8) is 0 Å². The number of benzene rings is 1. The second-order valence-electron chi connectivity index (χ2n) is 4.28. The van der Waals surface area contributed by atoms with E-state index in [-0.39, 0.29) is 5.82 Å². The lowest BCUT2D eigenvalue weighted by Gasteiger charge is -2.11. The topological polar surface area (TPSA) is 37.8 Å². The fraction of sp³-hybridized carbons (Fsp3) is 0.286. The Morgan fingerprint density at radius 2 is 2.10 bits per heavy atom. The van der Waals surface area contributed by atoms with Gasteiger partial charge in [-0.2, -0.15) is 0 Å². The largest absolute Gasteiger partial charge is 0.372 e. The van der Waals surface area contributed by atoms with Crippen LogP contribution in [0.3, 0.4) is 0 Å². The predicted octanol–water partition coefficient (Wildman–Crippen LogP) is 4.64. The van der Waals surface area contributed by atoms with Gasteiger partial charge in [-0.1, -0.05) is 29.3 Å². The molecule has 1 aromatic heterocycles. The summed E-state index contributed by atoms with van der Waals surface area (Å²) in [4.78, 5) is 9.07. The number of hydrogen-bond donors (Lipinski definition) is 1. The van der Waals surface area contributed by atoms with Crippen LogP contribution in [0.1, 0.15) is 19.0 Å². The van der Waals surface area contributed by atoms with Gasteiger partial charge in [0.15, 0.2) is 5.82 Å². The van der Waals surface area contributed by atoms with E-state index < -0.39 is 0 Å². The van der Waals surface area contributed by atoms with Crippen molar-refractivity contribution in [2.45, 2.75) is 19.8 Å². The van der Waals surface area contributed by atoms with Crippen molar-refractivity contribution in [3.05, 3.63) is 37.8 Å². The van der Waals surface area contributed by atoms with E-state index in [1.54, 1.807) is 6.07 Å². The van der Waals surface area contributed by atoms with Gasteiger partial charge >= 0.3 is 0 Å². The minimum atomic E-state index is -0.298. The number of rotatable bonds is 4. The fourth-order valence-corrected chi connectivity index (χ4v) is 3.06. The molecule has 6 heteroatoms. The van der Waals surface area contributed by atoms with E-state index in [9.17, 15) is 4.39 Å². The first-order valence-electron chi connectivity index (χ1n) is 6.26. The van der Waals surface area contributed by atoms with Crippen LogP contribution in [-0.4, -0.2) is 17.0 Å². The molecule has 106 valence electrons. The molecule has 0 saturated heterocycles. The second kappa shape index (κ2) is 6.80. The van der Waals surface area contributed by atoms with Gasteiger partial charge in [-0.15, -0.1) is 0 Å². The maximum Gasteiger partial charge on any atom is 0.163 e. The van der Waals surface area contributed by atoms with Crippen molar-refractivity contribution < 1.29 is 4.39 Å². The summed E-state index contributed by atoms with van der Waals surface area (Å²) in [6.45, 7) is 2.11. The van der Waals surface area contributed by atoms with Crippen molar-refractivity contribution in [1.29, 1.82) is 0 Å². The maximum absolute atomic E-state index is 13.4. The van der Waals surface area contributed by atoms with Crippen LogP contribution in [0.4, 0.5) is 10.2 Å². The molecule has 1 N–H and O–H groups in total. The average Bonchev–Trinajstić information content (AvgIpc) is 2.44. The molecule has 0 aliphatic rings. The Morgan fingerprint density at radius 1 is 1.35 bits per heavy atom. The highest BCUT2D eigenvalue weighted by molar-refractivity contribution is 14.1. The van der Waals surface area contributed by atoms with E-state index in [4.69, 9.17) is 0 Å². The van der Waals surface area contributed by atoms with Gasteiger partial charge in [0.25, 0.3) is 0 Å². The number of hydrogen-bond acceptors (Lipinski definition) is 3. The van der Waals surface area contributed by atoms with Gasteiger partial charge in [0.05, 0.1) is 9.26 Å². The number of halogens is 3. The number of aromatic nitrogens is 2. The third-order valence-corrected chi connectivity index (χ3v) is 4.64. The first kappa shape index (κ1) is 15.6. The molecule has 1 aromatic carbocycles. The summed E-state index contributed by atoms with van der Waals surface area (Å²) in [6, 6.07) is 4.53. The molecule has 0 fully saturated rings. The van der Waals surface area contributed by atoms with E-state index in [1.807, 2.05) is 7.05 Å². The third kappa shape index (κ3) is 3.28. The molecule has 0 unspecified atom stereocenters. The summed E-state index contributed by atoms with van der Waals surface area (Å²) in [5, 5.41) is 3.07. The zero-order valence-electron chi connectivity index (χ0n) is 11.2. The second-order valence-corrected chi connectivity index (χ2v) is 6.21. The molecular weight excluding hydrogens is 436 g/mol. The van der Waals surface area contributed by atoms with Crippen LogP contribution < -0.4 is 5.32 Å². The molecule has 0 aliphatic carbocycles. The van der Waals surface area contributed by atoms with Gasteiger partial charge in [-0.05, 0) is 47.2 Å². The summed E-state index contributed by atoms with van der Waals surface area (Å²) in [7, 11) is 1.82. The van der Waals surface area contributed by atoms with Crippen molar-refractivity contribution >= 4 is 44.3 Å². The standard InChI is InChI=1S/C14H14BrFIN3/c1-3-4-11-12(17)14(18-2)20-13(19-11)9-7-8(16)5-6-10(9)15/h5-7H,3-4H2,1-2H3,(H,18,19,20). The quantitative estimate of drug-likeness (QED) is 0.690. The SMILES string of the molecule is CCCc1nc(-c2cc(F)ccc2Br)nc(NC)c1I. The van der Waals surface area contributed by atoms with E-state index in [1.165, 1.54) is 12.1 Å². The van der Waals surface area contributed by atoms with E-state index in [0.717, 1.165) is 32.4 Å². The summed E-state index contributed by atoms with van der Waals surface area (Å²) in [5.41, 5.74) is 1.65. The molecule has 0 radical (unpaired) electrons. The lowest BCUT2D eigenvalue weighted by Crippen LogP contribution is -2.05. The van der Waals surface area contributed by atoms with Crippen molar-refractivity contribution in [1.82, 2.24) is 9.97 Å². The van der Waals surface area contributed by atoms with Crippen molar-refractivity contribution in [2.24, 2.45) is 0 Å². The minimum Gasteiger partial charge on any atom is -0.372 e. The van der Waals surface area contributed by atoms with Crippen LogP contribution in [0.15, 0.2) is 22.7 Å². The molecule has 20 heavy (non-hydrogen) atoms. The van der Waals surface area contributed by atoms with Crippen LogP contribution in [0.5, 0.6) is 0 Å². The highest BCUT2D eigenvalue weighted by atomic mass is 127. The molecule has 0 aliphatic heterocycles. The van der Waals surface area contributed by atoms with Crippen LogP contribution in [0.25, 0.3) is 11.4 Å². The predicted molar refractivity (Wildman–Crippen MR) is 91.4 cm³/mol. The maximum atomic E-state index is 13.4. The molecular formula is C14H14BrFIN3. The summed E-state index contributed by atoms with van der Waals surface area (Å²) < 4.78 is 15.2. The first-order chi connectivity index (χ1) is 9.56. The van der Waals surface area contributed by atoms with Gasteiger partial charge in [0.2, 0.25) is 0 Å². The molecule has 3 nitrogen and oxygen atoms in total. The summed E-state index contributed by atoms with van der Waals surface area (Å²) in [5.74, 6) is 1.01. The van der Waals surface area contributed by atoms with Gasteiger partial charge in [-0.25, -0.2) is 14.4 Å². The minimum absolute atomic E-state index is 0.298. The van der Waals surface area contributed by atoms with Crippen molar-refractivity contribution in [3.8, 4) is 11.4 Å². The molecule has 0 spiro atoms. The molecule has 0 saturated carbocycles. The zero-order valence-corrected chi connectivity index (χ0v) is 14.9. The molecule has 0 bridgehead atoms. The van der Waals surface area contributed by atoms with Crippen LogP contribution >= 0.6 is 38.5 Å². The number of nitrogens with zero attached hydrogens (tertiary/aromatic N) is 2. The smallest absolute Gasteiger partial charge is 0.163 e. The third-order valence-electron chi connectivity index (χ3n) is 2.81. The van der Waals surface area contributed by atoms with Crippen LogP contribution in [0.2, 0.25) is 0 Å². The average molecular weight is 450 g/mol. The highest BCUT2D eigenvalue weighted by Gasteiger charge is 2.14. The molecule has 0 atom stereocenters. The molecule has 1 heterocycles. The van der Waals surface area contributed by atoms with Gasteiger partial charge < -0.3 is 5.32 Å². The van der Waals surface area contributed by atoms with Crippen LogP contribution in [0, 0.1) is 9.39 Å². The summed E-state index contributed by atoms with van der Waals surface area (Å²) >= 11 is 5.67. The lowest BCUT2D eigenvalue weighted by molar-refractivity contribution is 0.628. The normalized spacial score (nSPS) is 10.7. The van der Waals surface area contributed by atoms with Gasteiger partial charge in [-0.3, -0.25) is 0 Å². The van der Waals surface area contributed by atoms with E-state index in [0.29, 0.717) is 11.4 Å².